The highest BCUT2D eigenvalue weighted by molar-refractivity contribution is 5.55. The molecule has 0 bridgehead atoms. The fourth-order valence-corrected chi connectivity index (χ4v) is 3.87. The molecule has 140 valence electrons. The van der Waals surface area contributed by atoms with E-state index in [1.165, 1.54) is 85.0 Å². The van der Waals surface area contributed by atoms with Gasteiger partial charge in [-0.2, -0.15) is 0 Å². The van der Waals surface area contributed by atoms with Crippen molar-refractivity contribution >= 4 is 11.4 Å². The molecule has 2 nitrogen and oxygen atoms in total. The Labute approximate surface area is 159 Å². The normalized spacial score (nSPS) is 14.8. The lowest BCUT2D eigenvalue weighted by Crippen LogP contribution is -2.11. The molecule has 0 saturated carbocycles. The van der Waals surface area contributed by atoms with E-state index in [1.807, 2.05) is 0 Å². The number of unbranched alkanes of at least 4 members (excludes halogenated alkanes) is 2. The van der Waals surface area contributed by atoms with Crippen LogP contribution in [-0.2, 0) is 19.3 Å². The predicted molar refractivity (Wildman–Crippen MR) is 114 cm³/mol. The topological polar surface area (TPSA) is 24.1 Å². The molecule has 0 unspecified atom stereocenters. The highest BCUT2D eigenvalue weighted by Gasteiger charge is 2.08. The van der Waals surface area contributed by atoms with Crippen molar-refractivity contribution in [3.8, 4) is 0 Å². The average Bonchev–Trinajstić information content (AvgIpc) is 2.68. The fourth-order valence-electron chi connectivity index (χ4n) is 3.87. The summed E-state index contributed by atoms with van der Waals surface area (Å²) in [6.07, 6.45) is 10.3. The second-order valence-corrected chi connectivity index (χ2v) is 7.67. The first-order valence-electron chi connectivity index (χ1n) is 10.5. The molecule has 2 aromatic carbocycles. The van der Waals surface area contributed by atoms with Crippen molar-refractivity contribution in [1.82, 2.24) is 0 Å². The third-order valence-electron chi connectivity index (χ3n) is 5.38. The lowest BCUT2D eigenvalue weighted by Gasteiger charge is -2.18. The molecular weight excluding hydrogens is 316 g/mol. The van der Waals surface area contributed by atoms with E-state index in [0.717, 1.165) is 13.1 Å². The molecule has 2 aliphatic rings. The third-order valence-corrected chi connectivity index (χ3v) is 5.38. The molecule has 0 spiro atoms. The Bertz CT molecular complexity index is 705. The predicted octanol–water partition coefficient (Wildman–Crippen LogP) is 6.13. The molecule has 0 radical (unpaired) electrons. The summed E-state index contributed by atoms with van der Waals surface area (Å²) in [5.41, 5.74) is 8.59. The molecule has 0 amide bonds. The molecule has 2 heterocycles. The van der Waals surface area contributed by atoms with Gasteiger partial charge in [0.1, 0.15) is 0 Å². The number of fused-ring (bicyclic) bond motifs is 2. The molecule has 0 fully saturated rings. The van der Waals surface area contributed by atoms with Crippen LogP contribution < -0.4 is 10.6 Å². The van der Waals surface area contributed by atoms with Gasteiger partial charge in [-0.25, -0.2) is 0 Å². The first-order chi connectivity index (χ1) is 12.8. The summed E-state index contributed by atoms with van der Waals surface area (Å²) in [7, 11) is 0. The zero-order valence-corrected chi connectivity index (χ0v) is 16.5. The van der Waals surface area contributed by atoms with Crippen LogP contribution in [0, 0.1) is 6.92 Å². The SMILES string of the molecule is CCCCCc1ccc2c(c1)CCCN2.Cc1ccc2c(c1)CCCN2. The van der Waals surface area contributed by atoms with Crippen molar-refractivity contribution in [2.45, 2.75) is 65.2 Å². The van der Waals surface area contributed by atoms with E-state index in [2.05, 4.69) is 60.9 Å². The van der Waals surface area contributed by atoms with Gasteiger partial charge >= 0.3 is 0 Å². The number of nitrogens with one attached hydrogen (secondary N) is 2. The van der Waals surface area contributed by atoms with E-state index in [0.29, 0.717) is 0 Å². The van der Waals surface area contributed by atoms with Crippen LogP contribution in [0.2, 0.25) is 0 Å². The van der Waals surface area contributed by atoms with Gasteiger partial charge in [-0.15, -0.1) is 0 Å². The van der Waals surface area contributed by atoms with Crippen molar-refractivity contribution in [2.75, 3.05) is 23.7 Å². The van der Waals surface area contributed by atoms with E-state index >= 15 is 0 Å². The summed E-state index contributed by atoms with van der Waals surface area (Å²) < 4.78 is 0. The van der Waals surface area contributed by atoms with Gasteiger partial charge in [0.15, 0.2) is 0 Å². The minimum Gasteiger partial charge on any atom is -0.385 e. The Morgan fingerprint density at radius 1 is 0.808 bits per heavy atom. The molecule has 0 saturated heterocycles. The number of hydrogen-bond acceptors (Lipinski definition) is 2. The van der Waals surface area contributed by atoms with E-state index in [-0.39, 0.29) is 0 Å². The molecule has 2 heteroatoms. The van der Waals surface area contributed by atoms with Gasteiger partial charge in [0.2, 0.25) is 0 Å². The molecule has 0 aliphatic carbocycles. The van der Waals surface area contributed by atoms with Gasteiger partial charge in [0, 0.05) is 24.5 Å². The van der Waals surface area contributed by atoms with Gasteiger partial charge in [-0.1, -0.05) is 49.6 Å². The maximum Gasteiger partial charge on any atom is 0.0372 e. The van der Waals surface area contributed by atoms with Gasteiger partial charge in [-0.05, 0) is 74.3 Å². The van der Waals surface area contributed by atoms with Crippen LogP contribution in [0.15, 0.2) is 36.4 Å². The first kappa shape index (κ1) is 18.8. The molecule has 2 aromatic rings. The van der Waals surface area contributed by atoms with Crippen LogP contribution in [-0.4, -0.2) is 13.1 Å². The third kappa shape index (κ3) is 5.27. The Morgan fingerprint density at radius 2 is 1.46 bits per heavy atom. The molecule has 2 N–H and O–H groups in total. The fraction of sp³-hybridized carbons (Fsp3) is 0.500. The van der Waals surface area contributed by atoms with E-state index in [4.69, 9.17) is 0 Å². The van der Waals surface area contributed by atoms with Crippen molar-refractivity contribution in [2.24, 2.45) is 0 Å². The first-order valence-corrected chi connectivity index (χ1v) is 10.5. The van der Waals surface area contributed by atoms with Gasteiger partial charge in [0.05, 0.1) is 0 Å². The smallest absolute Gasteiger partial charge is 0.0372 e. The van der Waals surface area contributed by atoms with Crippen LogP contribution in [0.25, 0.3) is 0 Å². The quantitative estimate of drug-likeness (QED) is 0.648. The lowest BCUT2D eigenvalue weighted by atomic mass is 9.98. The zero-order chi connectivity index (χ0) is 18.2. The Morgan fingerprint density at radius 3 is 2.15 bits per heavy atom. The molecular formula is C24H34N2. The Kier molecular flexibility index (Phi) is 6.99. The van der Waals surface area contributed by atoms with Crippen molar-refractivity contribution in [1.29, 1.82) is 0 Å². The summed E-state index contributed by atoms with van der Waals surface area (Å²) in [6.45, 7) is 6.68. The van der Waals surface area contributed by atoms with Crippen LogP contribution in [0.5, 0.6) is 0 Å². The number of hydrogen-bond donors (Lipinski definition) is 2. The number of aryl methyl sites for hydroxylation is 4. The number of benzene rings is 2. The van der Waals surface area contributed by atoms with E-state index in [9.17, 15) is 0 Å². The second-order valence-electron chi connectivity index (χ2n) is 7.67. The monoisotopic (exact) mass is 350 g/mol. The maximum atomic E-state index is 3.46. The Hall–Kier alpha value is -1.96. The molecule has 2 aliphatic heterocycles. The van der Waals surface area contributed by atoms with E-state index < -0.39 is 0 Å². The summed E-state index contributed by atoms with van der Waals surface area (Å²) in [6, 6.07) is 13.6. The summed E-state index contributed by atoms with van der Waals surface area (Å²) in [4.78, 5) is 0. The van der Waals surface area contributed by atoms with Gasteiger partial charge < -0.3 is 10.6 Å². The Balaban J connectivity index is 0.000000158. The largest absolute Gasteiger partial charge is 0.385 e. The van der Waals surface area contributed by atoms with Crippen LogP contribution in [0.3, 0.4) is 0 Å². The van der Waals surface area contributed by atoms with Crippen LogP contribution in [0.1, 0.15) is 61.3 Å². The van der Waals surface area contributed by atoms with Crippen molar-refractivity contribution in [3.63, 3.8) is 0 Å². The van der Waals surface area contributed by atoms with Crippen LogP contribution >= 0.6 is 0 Å². The molecule has 26 heavy (non-hydrogen) atoms. The van der Waals surface area contributed by atoms with Crippen molar-refractivity contribution < 1.29 is 0 Å². The van der Waals surface area contributed by atoms with Crippen LogP contribution in [0.4, 0.5) is 11.4 Å². The number of anilines is 2. The summed E-state index contributed by atoms with van der Waals surface area (Å²) in [5, 5.41) is 6.85. The average molecular weight is 351 g/mol. The highest BCUT2D eigenvalue weighted by atomic mass is 14.9. The zero-order valence-electron chi connectivity index (χ0n) is 16.5. The maximum absolute atomic E-state index is 3.46. The summed E-state index contributed by atoms with van der Waals surface area (Å²) in [5.74, 6) is 0. The standard InChI is InChI=1S/C14H21N.C10H13N/c1-2-3-4-6-12-8-9-14-13(11-12)7-5-10-15-14;1-8-4-5-10-9(7-8)3-2-6-11-10/h8-9,11,15H,2-7,10H2,1H3;4-5,7,11H,2-3,6H2,1H3. The molecule has 0 aromatic heterocycles. The van der Waals surface area contributed by atoms with E-state index in [1.54, 1.807) is 0 Å². The minimum absolute atomic E-state index is 1.13. The highest BCUT2D eigenvalue weighted by Crippen LogP contribution is 2.24. The second kappa shape index (κ2) is 9.66. The number of rotatable bonds is 4. The minimum atomic E-state index is 1.13. The van der Waals surface area contributed by atoms with Gasteiger partial charge in [0.25, 0.3) is 0 Å². The summed E-state index contributed by atoms with van der Waals surface area (Å²) >= 11 is 0. The molecule has 0 atom stereocenters. The van der Waals surface area contributed by atoms with Crippen molar-refractivity contribution in [3.05, 3.63) is 58.7 Å². The lowest BCUT2D eigenvalue weighted by molar-refractivity contribution is 0.716. The van der Waals surface area contributed by atoms with Gasteiger partial charge in [-0.3, -0.25) is 0 Å². The molecule has 4 rings (SSSR count).